The van der Waals surface area contributed by atoms with Crippen molar-refractivity contribution in [3.05, 3.63) is 55.2 Å². The molecule has 1 heterocycles. The van der Waals surface area contributed by atoms with Gasteiger partial charge in [-0.05, 0) is 24.3 Å². The molecule has 1 N–H and O–H groups in total. The van der Waals surface area contributed by atoms with Gasteiger partial charge in [-0.3, -0.25) is 14.9 Å². The van der Waals surface area contributed by atoms with Crippen LogP contribution in [0.25, 0.3) is 0 Å². The Morgan fingerprint density at radius 2 is 2.14 bits per heavy atom. The zero-order valence-electron chi connectivity index (χ0n) is 12.0. The van der Waals surface area contributed by atoms with Gasteiger partial charge in [0.15, 0.2) is 0 Å². The second-order valence-corrected chi connectivity index (χ2v) is 6.41. The number of nitrogens with one attached hydrogen (secondary N) is 1. The summed E-state index contributed by atoms with van der Waals surface area (Å²) in [6, 6.07) is 8.00. The molecule has 0 saturated heterocycles. The Labute approximate surface area is 136 Å². The summed E-state index contributed by atoms with van der Waals surface area (Å²) >= 11 is 7.26. The zero-order valence-corrected chi connectivity index (χ0v) is 13.6. The lowest BCUT2D eigenvalue weighted by Gasteiger charge is -2.16. The van der Waals surface area contributed by atoms with Crippen LogP contribution < -0.4 is 5.32 Å². The van der Waals surface area contributed by atoms with Crippen LogP contribution in [0.5, 0.6) is 0 Å². The molecule has 0 atom stereocenters. The standard InChI is InChI=1S/C14H14ClN3O3S/c1-16-11-5-3-9(7-12(11)18(20)21)14(19)17(2)8-10-4-6-13(15)22-10/h3-7,16H,8H2,1-2H3. The molecule has 6 nitrogen and oxygen atoms in total. The summed E-state index contributed by atoms with van der Waals surface area (Å²) in [5.74, 6) is -0.282. The summed E-state index contributed by atoms with van der Waals surface area (Å²) in [4.78, 5) is 25.4. The van der Waals surface area contributed by atoms with Gasteiger partial charge in [-0.2, -0.15) is 0 Å². The molecule has 116 valence electrons. The van der Waals surface area contributed by atoms with Gasteiger partial charge < -0.3 is 10.2 Å². The molecule has 0 unspecified atom stereocenters. The third-order valence-electron chi connectivity index (χ3n) is 3.08. The molecule has 1 amide bonds. The minimum atomic E-state index is -0.512. The number of benzene rings is 1. The van der Waals surface area contributed by atoms with Gasteiger partial charge in [-0.15, -0.1) is 11.3 Å². The summed E-state index contributed by atoms with van der Waals surface area (Å²) in [7, 11) is 3.24. The first kappa shape index (κ1) is 16.3. The van der Waals surface area contributed by atoms with Crippen LogP contribution in [-0.2, 0) is 6.54 Å². The number of carbonyl (C=O) groups excluding carboxylic acids is 1. The fourth-order valence-electron chi connectivity index (χ4n) is 1.99. The highest BCUT2D eigenvalue weighted by Gasteiger charge is 2.19. The van der Waals surface area contributed by atoms with E-state index in [1.807, 2.05) is 6.07 Å². The van der Waals surface area contributed by atoms with E-state index in [9.17, 15) is 14.9 Å². The predicted molar refractivity (Wildman–Crippen MR) is 87.8 cm³/mol. The van der Waals surface area contributed by atoms with Gasteiger partial charge in [-0.25, -0.2) is 0 Å². The first-order valence-corrected chi connectivity index (χ1v) is 7.57. The molecule has 0 fully saturated rings. The molecule has 0 bridgehead atoms. The minimum absolute atomic E-state index is 0.124. The van der Waals surface area contributed by atoms with Crippen LogP contribution in [0, 0.1) is 10.1 Å². The van der Waals surface area contributed by atoms with Gasteiger partial charge in [0.25, 0.3) is 11.6 Å². The van der Waals surface area contributed by atoms with Crippen LogP contribution in [0.15, 0.2) is 30.3 Å². The normalized spacial score (nSPS) is 10.3. The van der Waals surface area contributed by atoms with Gasteiger partial charge in [0.1, 0.15) is 5.69 Å². The van der Waals surface area contributed by atoms with Crippen molar-refractivity contribution < 1.29 is 9.72 Å². The number of rotatable bonds is 5. The molecule has 0 spiro atoms. The number of thiophene rings is 1. The molecular formula is C14H14ClN3O3S. The summed E-state index contributed by atoms with van der Waals surface area (Å²) in [6.45, 7) is 0.401. The van der Waals surface area contributed by atoms with Crippen molar-refractivity contribution in [2.75, 3.05) is 19.4 Å². The van der Waals surface area contributed by atoms with Gasteiger partial charge in [0.05, 0.1) is 15.8 Å². The molecule has 0 aliphatic carbocycles. The van der Waals surface area contributed by atoms with Crippen LogP contribution in [0.3, 0.4) is 0 Å². The Kier molecular flexibility index (Phi) is 4.99. The highest BCUT2D eigenvalue weighted by atomic mass is 35.5. The lowest BCUT2D eigenvalue weighted by Crippen LogP contribution is -2.25. The zero-order chi connectivity index (χ0) is 16.3. The van der Waals surface area contributed by atoms with E-state index in [0.29, 0.717) is 16.6 Å². The maximum absolute atomic E-state index is 12.4. The third-order valence-corrected chi connectivity index (χ3v) is 4.30. The summed E-state index contributed by atoms with van der Waals surface area (Å²) in [5.41, 5.74) is 0.519. The second kappa shape index (κ2) is 6.76. The Morgan fingerprint density at radius 1 is 1.41 bits per heavy atom. The molecule has 1 aromatic heterocycles. The number of hydrogen-bond acceptors (Lipinski definition) is 5. The lowest BCUT2D eigenvalue weighted by atomic mass is 10.1. The van der Waals surface area contributed by atoms with Gasteiger partial charge in [-0.1, -0.05) is 11.6 Å². The molecular weight excluding hydrogens is 326 g/mol. The minimum Gasteiger partial charge on any atom is -0.383 e. The van der Waals surface area contributed by atoms with E-state index in [-0.39, 0.29) is 17.2 Å². The van der Waals surface area contributed by atoms with E-state index in [1.54, 1.807) is 26.2 Å². The summed E-state index contributed by atoms with van der Waals surface area (Å²) in [5, 5.41) is 13.8. The highest BCUT2D eigenvalue weighted by molar-refractivity contribution is 7.16. The molecule has 2 aromatic rings. The van der Waals surface area contributed by atoms with Crippen molar-refractivity contribution in [3.63, 3.8) is 0 Å². The highest BCUT2D eigenvalue weighted by Crippen LogP contribution is 2.26. The maximum Gasteiger partial charge on any atom is 0.293 e. The molecule has 0 saturated carbocycles. The summed E-state index contributed by atoms with van der Waals surface area (Å²) < 4.78 is 0.657. The molecule has 22 heavy (non-hydrogen) atoms. The predicted octanol–water partition coefficient (Wildman–Crippen LogP) is 3.62. The average Bonchev–Trinajstić information content (AvgIpc) is 2.90. The number of carbonyl (C=O) groups is 1. The first-order valence-electron chi connectivity index (χ1n) is 6.38. The van der Waals surface area contributed by atoms with Gasteiger partial charge >= 0.3 is 0 Å². The molecule has 1 aromatic carbocycles. The number of halogens is 1. The quantitative estimate of drug-likeness (QED) is 0.666. The second-order valence-electron chi connectivity index (χ2n) is 4.61. The molecule has 0 radical (unpaired) electrons. The van der Waals surface area contributed by atoms with Crippen LogP contribution in [0.4, 0.5) is 11.4 Å². The average molecular weight is 340 g/mol. The smallest absolute Gasteiger partial charge is 0.293 e. The van der Waals surface area contributed by atoms with Gasteiger partial charge in [0, 0.05) is 30.6 Å². The lowest BCUT2D eigenvalue weighted by molar-refractivity contribution is -0.384. The van der Waals surface area contributed by atoms with Crippen LogP contribution >= 0.6 is 22.9 Å². The maximum atomic E-state index is 12.4. The fraction of sp³-hybridized carbons (Fsp3) is 0.214. The molecule has 0 aliphatic rings. The first-order chi connectivity index (χ1) is 10.4. The topological polar surface area (TPSA) is 75.5 Å². The van der Waals surface area contributed by atoms with Crippen molar-refractivity contribution in [2.45, 2.75) is 6.54 Å². The van der Waals surface area contributed by atoms with Crippen LogP contribution in [0.1, 0.15) is 15.2 Å². The van der Waals surface area contributed by atoms with Crippen molar-refractivity contribution >= 4 is 40.2 Å². The third kappa shape index (κ3) is 3.55. The fourth-order valence-corrected chi connectivity index (χ4v) is 3.13. The number of anilines is 1. The van der Waals surface area contributed by atoms with E-state index < -0.39 is 4.92 Å². The van der Waals surface area contributed by atoms with Crippen molar-refractivity contribution in [1.29, 1.82) is 0 Å². The van der Waals surface area contributed by atoms with E-state index in [0.717, 1.165) is 4.88 Å². The van der Waals surface area contributed by atoms with Crippen LogP contribution in [0.2, 0.25) is 4.34 Å². The van der Waals surface area contributed by atoms with Gasteiger partial charge in [0.2, 0.25) is 0 Å². The van der Waals surface area contributed by atoms with Crippen molar-refractivity contribution in [1.82, 2.24) is 4.90 Å². The Bertz CT molecular complexity index is 717. The van der Waals surface area contributed by atoms with E-state index in [2.05, 4.69) is 5.32 Å². The van der Waals surface area contributed by atoms with Crippen molar-refractivity contribution in [2.24, 2.45) is 0 Å². The van der Waals surface area contributed by atoms with Crippen LogP contribution in [-0.4, -0.2) is 29.8 Å². The number of amides is 1. The number of nitro benzene ring substituents is 1. The van der Waals surface area contributed by atoms with E-state index in [1.165, 1.54) is 28.4 Å². The van der Waals surface area contributed by atoms with Crippen molar-refractivity contribution in [3.8, 4) is 0 Å². The number of nitro groups is 1. The largest absolute Gasteiger partial charge is 0.383 e. The monoisotopic (exact) mass is 339 g/mol. The SMILES string of the molecule is CNc1ccc(C(=O)N(C)Cc2ccc(Cl)s2)cc1[N+](=O)[O-]. The van der Waals surface area contributed by atoms with E-state index in [4.69, 9.17) is 11.6 Å². The Morgan fingerprint density at radius 3 is 2.68 bits per heavy atom. The Hall–Kier alpha value is -2.12. The molecule has 2 rings (SSSR count). The number of hydrogen-bond donors (Lipinski definition) is 1. The summed E-state index contributed by atoms with van der Waals surface area (Å²) in [6.07, 6.45) is 0. The molecule has 8 heteroatoms. The number of nitrogens with zero attached hydrogens (tertiary/aromatic N) is 2. The Balaban J connectivity index is 2.21. The molecule has 0 aliphatic heterocycles. The van der Waals surface area contributed by atoms with E-state index >= 15 is 0 Å².